The average Bonchev–Trinajstić information content (AvgIpc) is 2.70. The minimum Gasteiger partial charge on any atom is -0.494 e. The van der Waals surface area contributed by atoms with Gasteiger partial charge in [-0.2, -0.15) is 0 Å². The number of hydrogen-bond acceptors (Lipinski definition) is 6. The van der Waals surface area contributed by atoms with Crippen LogP contribution in [0.2, 0.25) is 0 Å². The summed E-state index contributed by atoms with van der Waals surface area (Å²) in [5, 5.41) is 5.34. The number of rotatable bonds is 7. The van der Waals surface area contributed by atoms with Gasteiger partial charge in [0.25, 0.3) is 11.8 Å². The van der Waals surface area contributed by atoms with E-state index < -0.39 is 30.0 Å². The number of nitrogens with one attached hydrogen (secondary N) is 2. The highest BCUT2D eigenvalue weighted by atomic mass is 16.6. The predicted octanol–water partition coefficient (Wildman–Crippen LogP) is 2.75. The summed E-state index contributed by atoms with van der Waals surface area (Å²) >= 11 is 0. The first-order valence-corrected chi connectivity index (χ1v) is 9.26. The molecular weight excluding hydrogens is 376 g/mol. The second kappa shape index (κ2) is 9.09. The van der Waals surface area contributed by atoms with E-state index in [0.717, 1.165) is 0 Å². The van der Waals surface area contributed by atoms with Crippen molar-refractivity contribution < 1.29 is 28.6 Å². The summed E-state index contributed by atoms with van der Waals surface area (Å²) in [5.41, 5.74) is 1.10. The highest BCUT2D eigenvalue weighted by Crippen LogP contribution is 2.29. The highest BCUT2D eigenvalue weighted by Gasteiger charge is 2.31. The molecule has 0 fully saturated rings. The predicted molar refractivity (Wildman–Crippen MR) is 106 cm³/mol. The monoisotopic (exact) mass is 398 g/mol. The Balaban J connectivity index is 1.51. The van der Waals surface area contributed by atoms with Crippen LogP contribution in [0, 0.1) is 0 Å². The Morgan fingerprint density at radius 1 is 1.17 bits per heavy atom. The fourth-order valence-corrected chi connectivity index (χ4v) is 2.72. The Morgan fingerprint density at radius 3 is 2.62 bits per heavy atom. The molecule has 8 heteroatoms. The van der Waals surface area contributed by atoms with Crippen molar-refractivity contribution in [3.8, 4) is 11.5 Å². The molecule has 0 radical (unpaired) electrons. The molecule has 2 atom stereocenters. The summed E-state index contributed by atoms with van der Waals surface area (Å²) in [4.78, 5) is 36.5. The fraction of sp³-hybridized carbons (Fsp3) is 0.286. The first-order valence-electron chi connectivity index (χ1n) is 9.26. The molecule has 152 valence electrons. The zero-order valence-electron chi connectivity index (χ0n) is 16.1. The maximum absolute atomic E-state index is 12.2. The van der Waals surface area contributed by atoms with Crippen molar-refractivity contribution in [1.82, 2.24) is 0 Å². The largest absolute Gasteiger partial charge is 0.494 e. The van der Waals surface area contributed by atoms with Crippen molar-refractivity contribution in [2.45, 2.75) is 32.5 Å². The van der Waals surface area contributed by atoms with Crippen LogP contribution in [0.15, 0.2) is 48.5 Å². The van der Waals surface area contributed by atoms with Gasteiger partial charge in [0.15, 0.2) is 12.2 Å². The molecule has 0 unspecified atom stereocenters. The molecule has 8 nitrogen and oxygen atoms in total. The lowest BCUT2D eigenvalue weighted by atomic mass is 10.1. The number of esters is 1. The number of carbonyl (C=O) groups is 3. The lowest BCUT2D eigenvalue weighted by Gasteiger charge is -2.25. The standard InChI is InChI=1S/C21H22N2O6/c1-3-27-15-10-8-14(9-11-15)22-20(25)13(2)28-19(24)12-18-21(26)23-16-6-4-5-7-17(16)29-18/h4-11,13,18H,3,12H2,1-2H3,(H,22,25)(H,23,26)/t13-,18+/m0/s1. The zero-order chi connectivity index (χ0) is 20.8. The third-order valence-electron chi connectivity index (χ3n) is 4.17. The molecule has 0 aliphatic carbocycles. The molecule has 2 aromatic carbocycles. The van der Waals surface area contributed by atoms with E-state index in [9.17, 15) is 14.4 Å². The summed E-state index contributed by atoms with van der Waals surface area (Å²) < 4.78 is 16.1. The minimum absolute atomic E-state index is 0.305. The highest BCUT2D eigenvalue weighted by molar-refractivity contribution is 6.00. The zero-order valence-corrected chi connectivity index (χ0v) is 16.1. The van der Waals surface area contributed by atoms with E-state index in [-0.39, 0.29) is 6.42 Å². The van der Waals surface area contributed by atoms with Gasteiger partial charge in [0.1, 0.15) is 11.5 Å². The van der Waals surface area contributed by atoms with Crippen molar-refractivity contribution in [2.24, 2.45) is 0 Å². The molecule has 1 aliphatic rings. The van der Waals surface area contributed by atoms with Crippen molar-refractivity contribution >= 4 is 29.2 Å². The van der Waals surface area contributed by atoms with Gasteiger partial charge in [-0.05, 0) is 50.2 Å². The van der Waals surface area contributed by atoms with E-state index in [0.29, 0.717) is 29.5 Å². The first kappa shape index (κ1) is 20.2. The molecule has 29 heavy (non-hydrogen) atoms. The molecule has 2 aromatic rings. The second-order valence-corrected chi connectivity index (χ2v) is 6.37. The number of amides is 2. The van der Waals surface area contributed by atoms with E-state index in [4.69, 9.17) is 14.2 Å². The number of ether oxygens (including phenoxy) is 3. The number of anilines is 2. The van der Waals surface area contributed by atoms with Gasteiger partial charge in [-0.15, -0.1) is 0 Å². The fourth-order valence-electron chi connectivity index (χ4n) is 2.72. The van der Waals surface area contributed by atoms with E-state index in [2.05, 4.69) is 10.6 Å². The Hall–Kier alpha value is -3.55. The maximum Gasteiger partial charge on any atom is 0.310 e. The number of benzene rings is 2. The van der Waals surface area contributed by atoms with Crippen LogP contribution in [-0.2, 0) is 19.1 Å². The minimum atomic E-state index is -1.03. The van der Waals surface area contributed by atoms with E-state index in [1.165, 1.54) is 6.92 Å². The third-order valence-corrected chi connectivity index (χ3v) is 4.17. The number of fused-ring (bicyclic) bond motifs is 1. The number of carbonyl (C=O) groups excluding carboxylic acids is 3. The van der Waals surface area contributed by atoms with Gasteiger partial charge in [0.2, 0.25) is 0 Å². The van der Waals surface area contributed by atoms with Crippen molar-refractivity contribution in [3.63, 3.8) is 0 Å². The molecule has 0 spiro atoms. The van der Waals surface area contributed by atoms with Crippen LogP contribution >= 0.6 is 0 Å². The van der Waals surface area contributed by atoms with Gasteiger partial charge in [-0.3, -0.25) is 14.4 Å². The smallest absolute Gasteiger partial charge is 0.310 e. The van der Waals surface area contributed by atoms with E-state index in [1.54, 1.807) is 48.5 Å². The van der Waals surface area contributed by atoms with Crippen LogP contribution in [0.5, 0.6) is 11.5 Å². The van der Waals surface area contributed by atoms with Gasteiger partial charge in [0, 0.05) is 5.69 Å². The molecular formula is C21H22N2O6. The Morgan fingerprint density at radius 2 is 1.90 bits per heavy atom. The Bertz CT molecular complexity index is 896. The number of para-hydroxylation sites is 2. The van der Waals surface area contributed by atoms with Gasteiger partial charge in [-0.1, -0.05) is 12.1 Å². The summed E-state index contributed by atoms with van der Waals surface area (Å²) in [6.07, 6.45) is -2.35. The van der Waals surface area contributed by atoms with Crippen LogP contribution in [0.25, 0.3) is 0 Å². The molecule has 0 saturated heterocycles. The van der Waals surface area contributed by atoms with Crippen molar-refractivity contribution in [2.75, 3.05) is 17.2 Å². The number of hydrogen-bond donors (Lipinski definition) is 2. The lowest BCUT2D eigenvalue weighted by Crippen LogP contribution is -2.40. The van der Waals surface area contributed by atoms with Crippen LogP contribution in [-0.4, -0.2) is 36.6 Å². The van der Waals surface area contributed by atoms with Crippen LogP contribution < -0.4 is 20.1 Å². The molecule has 2 amide bonds. The topological polar surface area (TPSA) is 103 Å². The van der Waals surface area contributed by atoms with Gasteiger partial charge < -0.3 is 24.8 Å². The molecule has 1 aliphatic heterocycles. The van der Waals surface area contributed by atoms with Crippen LogP contribution in [0.1, 0.15) is 20.3 Å². The summed E-state index contributed by atoms with van der Waals surface area (Å²) in [5.74, 6) is -0.462. The van der Waals surface area contributed by atoms with E-state index in [1.807, 2.05) is 6.92 Å². The lowest BCUT2D eigenvalue weighted by molar-refractivity contribution is -0.155. The summed E-state index contributed by atoms with van der Waals surface area (Å²) in [6.45, 7) is 3.89. The molecule has 2 N–H and O–H groups in total. The molecule has 1 heterocycles. The first-order chi connectivity index (χ1) is 14.0. The van der Waals surface area contributed by atoms with Crippen LogP contribution in [0.4, 0.5) is 11.4 Å². The molecule has 0 saturated carbocycles. The molecule has 0 aromatic heterocycles. The van der Waals surface area contributed by atoms with Crippen LogP contribution in [0.3, 0.4) is 0 Å². The molecule has 0 bridgehead atoms. The van der Waals surface area contributed by atoms with Gasteiger partial charge in [-0.25, -0.2) is 0 Å². The third kappa shape index (κ3) is 5.25. The maximum atomic E-state index is 12.2. The van der Waals surface area contributed by atoms with E-state index >= 15 is 0 Å². The van der Waals surface area contributed by atoms with Crippen molar-refractivity contribution in [1.29, 1.82) is 0 Å². The van der Waals surface area contributed by atoms with Crippen molar-refractivity contribution in [3.05, 3.63) is 48.5 Å². The Kier molecular flexibility index (Phi) is 6.33. The summed E-state index contributed by atoms with van der Waals surface area (Å²) in [7, 11) is 0. The van der Waals surface area contributed by atoms with Gasteiger partial charge in [0.05, 0.1) is 18.7 Å². The van der Waals surface area contributed by atoms with Gasteiger partial charge >= 0.3 is 5.97 Å². The quantitative estimate of drug-likeness (QED) is 0.695. The average molecular weight is 398 g/mol. The summed E-state index contributed by atoms with van der Waals surface area (Å²) in [6, 6.07) is 13.8. The SMILES string of the molecule is CCOc1ccc(NC(=O)[C@H](C)OC(=O)C[C@H]2Oc3ccccc3NC2=O)cc1. The second-order valence-electron chi connectivity index (χ2n) is 6.37. The molecule has 3 rings (SSSR count). The Labute approximate surface area is 168 Å². The normalized spacial score (nSPS) is 15.9.